The smallest absolute Gasteiger partial charge is 0.263 e. The number of aryl methyl sites for hydroxylation is 1. The number of carbonyl (C=O) groups is 1. The van der Waals surface area contributed by atoms with E-state index < -0.39 is 16.0 Å². The number of fused-ring (bicyclic) bond motifs is 1. The molecular weight excluding hydrogens is 481 g/mol. The molecule has 2 aliphatic rings. The quantitative estimate of drug-likeness (QED) is 0.568. The molecule has 0 bridgehead atoms. The predicted octanol–water partition coefficient (Wildman–Crippen LogP) is 3.87. The Morgan fingerprint density at radius 3 is 2.59 bits per heavy atom. The van der Waals surface area contributed by atoms with Gasteiger partial charge in [0.2, 0.25) is 11.9 Å². The number of carbonyl (C=O) groups excluding carboxylic acids is 1. The van der Waals surface area contributed by atoms with Gasteiger partial charge in [0.1, 0.15) is 6.04 Å². The molecule has 1 aromatic heterocycles. The molecule has 5 rings (SSSR count). The third-order valence-corrected chi connectivity index (χ3v) is 7.68. The molecule has 0 aliphatic carbocycles. The average Bonchev–Trinajstić information content (AvgIpc) is 3.21. The van der Waals surface area contributed by atoms with Crippen molar-refractivity contribution in [3.05, 3.63) is 71.1 Å². The lowest BCUT2D eigenvalue weighted by Gasteiger charge is -2.35. The van der Waals surface area contributed by atoms with Gasteiger partial charge in [0.25, 0.3) is 10.0 Å². The molecule has 2 aliphatic heterocycles. The summed E-state index contributed by atoms with van der Waals surface area (Å²) in [6.45, 7) is 1.34. The van der Waals surface area contributed by atoms with Crippen molar-refractivity contribution in [1.82, 2.24) is 10.2 Å². The van der Waals surface area contributed by atoms with E-state index in [0.29, 0.717) is 23.7 Å². The second-order valence-electron chi connectivity index (χ2n) is 8.21. The van der Waals surface area contributed by atoms with Crippen molar-refractivity contribution in [2.45, 2.75) is 30.2 Å². The van der Waals surface area contributed by atoms with Gasteiger partial charge in [0.05, 0.1) is 4.90 Å². The number of benzene rings is 2. The van der Waals surface area contributed by atoms with Gasteiger partial charge < -0.3 is 9.80 Å². The molecule has 1 atom stereocenters. The molecule has 1 amide bonds. The molecule has 0 unspecified atom stereocenters. The van der Waals surface area contributed by atoms with Gasteiger partial charge in [-0.15, -0.1) is 10.2 Å². The van der Waals surface area contributed by atoms with Crippen molar-refractivity contribution < 1.29 is 19.0 Å². The summed E-state index contributed by atoms with van der Waals surface area (Å²) in [7, 11) is -3.94. The van der Waals surface area contributed by atoms with Crippen LogP contribution in [-0.4, -0.2) is 43.7 Å². The lowest BCUT2D eigenvalue weighted by atomic mass is 9.99. The van der Waals surface area contributed by atoms with Crippen LogP contribution in [0.15, 0.2) is 59.5 Å². The van der Waals surface area contributed by atoms with Gasteiger partial charge in [0, 0.05) is 30.9 Å². The zero-order valence-corrected chi connectivity index (χ0v) is 19.6. The number of nitrogens with zero attached hydrogens (tertiary/aromatic N) is 4. The fourth-order valence-electron chi connectivity index (χ4n) is 4.50. The SMILES string of the molecule is O=C1[C@H](N2CCCc3cc(Cl)ccc32)CCN1c1ccc(S(=O)(=O)Nc2ccc(F)nn2)cc1.[HH]. The maximum absolute atomic E-state index is 13.3. The van der Waals surface area contributed by atoms with Crippen LogP contribution in [0.4, 0.5) is 21.6 Å². The third kappa shape index (κ3) is 4.30. The van der Waals surface area contributed by atoms with E-state index >= 15 is 0 Å². The van der Waals surface area contributed by atoms with Crippen LogP contribution < -0.4 is 14.5 Å². The van der Waals surface area contributed by atoms with E-state index in [9.17, 15) is 17.6 Å². The number of hydrogen-bond acceptors (Lipinski definition) is 6. The van der Waals surface area contributed by atoms with Crippen molar-refractivity contribution in [3.63, 3.8) is 0 Å². The normalized spacial score (nSPS) is 18.2. The highest BCUT2D eigenvalue weighted by Gasteiger charge is 2.38. The number of anilines is 3. The van der Waals surface area contributed by atoms with Gasteiger partial charge in [-0.25, -0.2) is 8.42 Å². The van der Waals surface area contributed by atoms with Crippen LogP contribution in [0.5, 0.6) is 0 Å². The van der Waals surface area contributed by atoms with Crippen LogP contribution in [0.25, 0.3) is 0 Å². The zero-order valence-electron chi connectivity index (χ0n) is 18.0. The van der Waals surface area contributed by atoms with E-state index in [1.165, 1.54) is 18.2 Å². The minimum atomic E-state index is -3.94. The summed E-state index contributed by atoms with van der Waals surface area (Å²) in [5, 5.41) is 7.36. The highest BCUT2D eigenvalue weighted by Crippen LogP contribution is 2.35. The molecule has 1 saturated heterocycles. The Bertz CT molecular complexity index is 1340. The number of amides is 1. The first kappa shape index (κ1) is 22.5. The molecular formula is C23H23ClFN5O3S. The van der Waals surface area contributed by atoms with E-state index in [0.717, 1.165) is 36.7 Å². The Balaban J connectivity index is 0.00000289. The van der Waals surface area contributed by atoms with Gasteiger partial charge in [-0.05, 0) is 79.4 Å². The van der Waals surface area contributed by atoms with E-state index in [1.807, 2.05) is 18.2 Å². The lowest BCUT2D eigenvalue weighted by Crippen LogP contribution is -2.44. The Morgan fingerprint density at radius 2 is 1.85 bits per heavy atom. The number of rotatable bonds is 5. The lowest BCUT2D eigenvalue weighted by molar-refractivity contribution is -0.118. The number of hydrogen-bond donors (Lipinski definition) is 1. The monoisotopic (exact) mass is 503 g/mol. The van der Waals surface area contributed by atoms with Crippen LogP contribution in [0.2, 0.25) is 5.02 Å². The van der Waals surface area contributed by atoms with E-state index in [1.54, 1.807) is 17.0 Å². The van der Waals surface area contributed by atoms with Crippen LogP contribution in [0.3, 0.4) is 0 Å². The summed E-state index contributed by atoms with van der Waals surface area (Å²) in [6.07, 6.45) is 2.56. The Morgan fingerprint density at radius 1 is 1.06 bits per heavy atom. The van der Waals surface area contributed by atoms with Gasteiger partial charge in [-0.2, -0.15) is 4.39 Å². The summed E-state index contributed by atoms with van der Waals surface area (Å²) < 4.78 is 40.4. The predicted molar refractivity (Wildman–Crippen MR) is 129 cm³/mol. The first-order chi connectivity index (χ1) is 16.3. The first-order valence-electron chi connectivity index (χ1n) is 10.8. The van der Waals surface area contributed by atoms with Crippen molar-refractivity contribution in [2.24, 2.45) is 0 Å². The third-order valence-electron chi connectivity index (χ3n) is 6.08. The molecule has 34 heavy (non-hydrogen) atoms. The Hall–Kier alpha value is -3.24. The summed E-state index contributed by atoms with van der Waals surface area (Å²) in [5.41, 5.74) is 2.83. The molecule has 178 valence electrons. The molecule has 8 nitrogen and oxygen atoms in total. The molecule has 0 spiro atoms. The second-order valence-corrected chi connectivity index (χ2v) is 10.3. The minimum Gasteiger partial charge on any atom is -0.359 e. The fraction of sp³-hybridized carbons (Fsp3) is 0.261. The van der Waals surface area contributed by atoms with Crippen LogP contribution in [0.1, 0.15) is 19.8 Å². The van der Waals surface area contributed by atoms with E-state index in [2.05, 4.69) is 19.8 Å². The maximum atomic E-state index is 13.3. The van der Waals surface area contributed by atoms with Crippen LogP contribution in [0, 0.1) is 5.95 Å². The van der Waals surface area contributed by atoms with Gasteiger partial charge >= 0.3 is 0 Å². The Kier molecular flexibility index (Phi) is 5.86. The maximum Gasteiger partial charge on any atom is 0.263 e. The first-order valence-corrected chi connectivity index (χ1v) is 12.7. The highest BCUT2D eigenvalue weighted by atomic mass is 35.5. The zero-order chi connectivity index (χ0) is 23.9. The van der Waals surface area contributed by atoms with Crippen molar-refractivity contribution in [1.29, 1.82) is 0 Å². The molecule has 0 saturated carbocycles. The topological polar surface area (TPSA) is 95.5 Å². The molecule has 1 fully saturated rings. The van der Waals surface area contributed by atoms with Gasteiger partial charge in [0.15, 0.2) is 5.82 Å². The highest BCUT2D eigenvalue weighted by molar-refractivity contribution is 7.92. The summed E-state index contributed by atoms with van der Waals surface area (Å²) in [4.78, 5) is 17.1. The van der Waals surface area contributed by atoms with Crippen LogP contribution >= 0.6 is 11.6 Å². The summed E-state index contributed by atoms with van der Waals surface area (Å²) in [6, 6.07) is 13.8. The van der Waals surface area contributed by atoms with Crippen molar-refractivity contribution in [2.75, 3.05) is 27.6 Å². The number of nitrogens with one attached hydrogen (secondary N) is 1. The molecule has 3 aromatic rings. The average molecular weight is 504 g/mol. The van der Waals surface area contributed by atoms with E-state index in [4.69, 9.17) is 11.6 Å². The van der Waals surface area contributed by atoms with Crippen LogP contribution in [-0.2, 0) is 21.2 Å². The second kappa shape index (κ2) is 8.84. The molecule has 3 heterocycles. The van der Waals surface area contributed by atoms with Crippen molar-refractivity contribution >= 4 is 44.7 Å². The summed E-state index contributed by atoms with van der Waals surface area (Å²) >= 11 is 6.15. The number of sulfonamides is 1. The standard InChI is InChI=1S/C23H21ClFN5O3S.H2/c24-16-3-8-19-15(14-16)2-1-12-30(19)20-11-13-29(23(20)31)17-4-6-18(7-5-17)34(32,33)28-22-10-9-21(25)26-27-22;/h3-10,14,20H,1-2,11-13H2,(H,27,28);1H/t20-;/m1./s1. The van der Waals surface area contributed by atoms with Crippen molar-refractivity contribution in [3.8, 4) is 0 Å². The Labute approximate surface area is 202 Å². The van der Waals surface area contributed by atoms with E-state index in [-0.39, 0.29) is 24.1 Å². The fourth-order valence-corrected chi connectivity index (χ4v) is 5.69. The molecule has 0 radical (unpaired) electrons. The number of aromatic nitrogens is 2. The summed E-state index contributed by atoms with van der Waals surface area (Å²) in [5.74, 6) is -0.915. The molecule has 2 aromatic carbocycles. The molecule has 11 heteroatoms. The molecule has 1 N–H and O–H groups in total. The van der Waals surface area contributed by atoms with Gasteiger partial charge in [-0.1, -0.05) is 11.6 Å². The minimum absolute atomic E-state index is 0. The number of halogens is 2. The largest absolute Gasteiger partial charge is 0.359 e. The van der Waals surface area contributed by atoms with Gasteiger partial charge in [-0.3, -0.25) is 9.52 Å².